The number of rotatable bonds is 3. The van der Waals surface area contributed by atoms with E-state index in [0.717, 1.165) is 0 Å². The normalized spacial score (nSPS) is 10.8. The third-order valence-electron chi connectivity index (χ3n) is 2.56. The Bertz CT molecular complexity index is 717. The first-order valence-corrected chi connectivity index (χ1v) is 6.53. The lowest BCUT2D eigenvalue weighted by molar-refractivity contribution is 0.0955. The number of hydrazone groups is 1. The molecule has 2 aromatic carbocycles. The molecular formula is C14H10Cl2N2O3. The second kappa shape index (κ2) is 6.47. The lowest BCUT2D eigenvalue weighted by Gasteiger charge is -2.03. The summed E-state index contributed by atoms with van der Waals surface area (Å²) in [6.07, 6.45) is 1.25. The molecule has 0 radical (unpaired) electrons. The predicted molar refractivity (Wildman–Crippen MR) is 81.3 cm³/mol. The highest BCUT2D eigenvalue weighted by molar-refractivity contribution is 6.36. The van der Waals surface area contributed by atoms with Crippen LogP contribution in [0.25, 0.3) is 0 Å². The molecule has 0 saturated carbocycles. The number of hydrogen-bond acceptors (Lipinski definition) is 4. The van der Waals surface area contributed by atoms with Crippen LogP contribution >= 0.6 is 23.2 Å². The van der Waals surface area contributed by atoms with E-state index in [2.05, 4.69) is 10.5 Å². The van der Waals surface area contributed by atoms with E-state index in [9.17, 15) is 9.90 Å². The van der Waals surface area contributed by atoms with Crippen molar-refractivity contribution in [3.05, 3.63) is 57.6 Å². The second-order valence-electron chi connectivity index (χ2n) is 4.07. The molecule has 1 amide bonds. The number of nitrogens with one attached hydrogen (secondary N) is 1. The van der Waals surface area contributed by atoms with E-state index < -0.39 is 5.91 Å². The fourth-order valence-corrected chi connectivity index (χ4v) is 2.03. The minimum absolute atomic E-state index is 0.0679. The summed E-state index contributed by atoms with van der Waals surface area (Å²) in [6.45, 7) is 0. The van der Waals surface area contributed by atoms with E-state index in [-0.39, 0.29) is 22.1 Å². The molecule has 0 atom stereocenters. The third-order valence-corrected chi connectivity index (χ3v) is 3.11. The number of carbonyl (C=O) groups is 1. The standard InChI is InChI=1S/C14H10Cl2N2O3/c15-9-2-4-11(12(16)5-9)14(21)18-17-7-8-1-3-10(19)6-13(8)20/h1-7,19-20H,(H,18,21). The Balaban J connectivity index is 2.08. The van der Waals surface area contributed by atoms with Gasteiger partial charge in [0.25, 0.3) is 5.91 Å². The fourth-order valence-electron chi connectivity index (χ4n) is 1.54. The highest BCUT2D eigenvalue weighted by Gasteiger charge is 2.09. The molecule has 0 heterocycles. The van der Waals surface area contributed by atoms with Crippen molar-refractivity contribution in [3.8, 4) is 11.5 Å². The fraction of sp³-hybridized carbons (Fsp3) is 0. The van der Waals surface area contributed by atoms with Gasteiger partial charge in [-0.15, -0.1) is 0 Å². The van der Waals surface area contributed by atoms with Crippen molar-refractivity contribution in [2.24, 2.45) is 5.10 Å². The Morgan fingerprint density at radius 3 is 2.57 bits per heavy atom. The molecule has 2 aromatic rings. The molecule has 108 valence electrons. The maximum absolute atomic E-state index is 11.9. The van der Waals surface area contributed by atoms with Crippen LogP contribution in [0.1, 0.15) is 15.9 Å². The Morgan fingerprint density at radius 2 is 1.90 bits per heavy atom. The lowest BCUT2D eigenvalue weighted by Crippen LogP contribution is -2.18. The first-order chi connectivity index (χ1) is 9.97. The van der Waals surface area contributed by atoms with E-state index in [1.165, 1.54) is 42.6 Å². The maximum atomic E-state index is 11.9. The van der Waals surface area contributed by atoms with E-state index >= 15 is 0 Å². The summed E-state index contributed by atoms with van der Waals surface area (Å²) < 4.78 is 0. The summed E-state index contributed by atoms with van der Waals surface area (Å²) in [4.78, 5) is 11.9. The molecule has 0 aromatic heterocycles. The van der Waals surface area contributed by atoms with Crippen molar-refractivity contribution in [1.82, 2.24) is 5.43 Å². The monoisotopic (exact) mass is 324 g/mol. The van der Waals surface area contributed by atoms with Crippen LogP contribution in [0.5, 0.6) is 11.5 Å². The molecule has 0 saturated heterocycles. The van der Waals surface area contributed by atoms with Crippen LogP contribution in [-0.4, -0.2) is 22.3 Å². The molecule has 5 nitrogen and oxygen atoms in total. The highest BCUT2D eigenvalue weighted by atomic mass is 35.5. The van der Waals surface area contributed by atoms with Gasteiger partial charge in [0.1, 0.15) is 11.5 Å². The molecule has 0 spiro atoms. The summed E-state index contributed by atoms with van der Waals surface area (Å²) >= 11 is 11.6. The molecule has 2 rings (SSSR count). The van der Waals surface area contributed by atoms with Gasteiger partial charge in [-0.3, -0.25) is 4.79 Å². The third kappa shape index (κ3) is 3.87. The van der Waals surface area contributed by atoms with Crippen LogP contribution in [0.4, 0.5) is 0 Å². The molecule has 0 aliphatic rings. The Hall–Kier alpha value is -2.24. The summed E-state index contributed by atoms with van der Waals surface area (Å²) in [5.41, 5.74) is 2.85. The Labute approximate surface area is 130 Å². The van der Waals surface area contributed by atoms with Gasteiger partial charge in [-0.25, -0.2) is 5.43 Å². The van der Waals surface area contributed by atoms with Crippen molar-refractivity contribution in [3.63, 3.8) is 0 Å². The topological polar surface area (TPSA) is 81.9 Å². The van der Waals surface area contributed by atoms with Crippen LogP contribution in [-0.2, 0) is 0 Å². The lowest BCUT2D eigenvalue weighted by atomic mass is 10.2. The number of halogens is 2. The van der Waals surface area contributed by atoms with Crippen LogP contribution < -0.4 is 5.43 Å². The van der Waals surface area contributed by atoms with Gasteiger partial charge in [-0.05, 0) is 30.3 Å². The SMILES string of the molecule is O=C(NN=Cc1ccc(O)cc1O)c1ccc(Cl)cc1Cl. The zero-order chi connectivity index (χ0) is 15.4. The smallest absolute Gasteiger partial charge is 0.272 e. The zero-order valence-electron chi connectivity index (χ0n) is 10.5. The van der Waals surface area contributed by atoms with Gasteiger partial charge in [0.15, 0.2) is 0 Å². The molecule has 0 bridgehead atoms. The van der Waals surface area contributed by atoms with Gasteiger partial charge < -0.3 is 10.2 Å². The van der Waals surface area contributed by atoms with Gasteiger partial charge >= 0.3 is 0 Å². The van der Waals surface area contributed by atoms with Crippen LogP contribution in [0.15, 0.2) is 41.5 Å². The second-order valence-corrected chi connectivity index (χ2v) is 4.91. The van der Waals surface area contributed by atoms with E-state index in [1.807, 2.05) is 0 Å². The van der Waals surface area contributed by atoms with Crippen LogP contribution in [0.3, 0.4) is 0 Å². The summed E-state index contributed by atoms with van der Waals surface area (Å²) in [7, 11) is 0. The van der Waals surface area contributed by atoms with Crippen molar-refractivity contribution < 1.29 is 15.0 Å². The van der Waals surface area contributed by atoms with Crippen molar-refractivity contribution in [2.45, 2.75) is 0 Å². The molecule has 0 aliphatic carbocycles. The minimum Gasteiger partial charge on any atom is -0.508 e. The number of benzene rings is 2. The summed E-state index contributed by atoms with van der Waals surface area (Å²) in [6, 6.07) is 8.48. The van der Waals surface area contributed by atoms with Crippen LogP contribution in [0, 0.1) is 0 Å². The zero-order valence-corrected chi connectivity index (χ0v) is 12.1. The Morgan fingerprint density at radius 1 is 1.14 bits per heavy atom. The number of phenolic OH excluding ortho intramolecular Hbond substituents is 2. The first kappa shape index (κ1) is 15.2. The molecule has 7 heteroatoms. The predicted octanol–water partition coefficient (Wildman–Crippen LogP) is 3.17. The largest absolute Gasteiger partial charge is 0.508 e. The molecule has 0 aliphatic heterocycles. The molecule has 3 N–H and O–H groups in total. The number of hydrogen-bond donors (Lipinski definition) is 3. The van der Waals surface area contributed by atoms with Crippen molar-refractivity contribution in [1.29, 1.82) is 0 Å². The highest BCUT2D eigenvalue weighted by Crippen LogP contribution is 2.22. The van der Waals surface area contributed by atoms with E-state index in [1.54, 1.807) is 0 Å². The van der Waals surface area contributed by atoms with Gasteiger partial charge in [0.2, 0.25) is 0 Å². The van der Waals surface area contributed by atoms with Gasteiger partial charge in [0.05, 0.1) is 16.8 Å². The van der Waals surface area contributed by atoms with Gasteiger partial charge in [-0.1, -0.05) is 23.2 Å². The number of amides is 1. The first-order valence-electron chi connectivity index (χ1n) is 5.78. The molecule has 0 unspecified atom stereocenters. The van der Waals surface area contributed by atoms with Gasteiger partial charge in [0, 0.05) is 16.7 Å². The summed E-state index contributed by atoms with van der Waals surface area (Å²) in [5.74, 6) is -0.731. The molecule has 21 heavy (non-hydrogen) atoms. The number of nitrogens with zero attached hydrogens (tertiary/aromatic N) is 1. The van der Waals surface area contributed by atoms with Gasteiger partial charge in [-0.2, -0.15) is 5.10 Å². The average molecular weight is 325 g/mol. The molecular weight excluding hydrogens is 315 g/mol. The van der Waals surface area contributed by atoms with Crippen LogP contribution in [0.2, 0.25) is 10.0 Å². The maximum Gasteiger partial charge on any atom is 0.272 e. The quantitative estimate of drug-likeness (QED) is 0.599. The number of aromatic hydroxyl groups is 2. The number of carbonyl (C=O) groups excluding carboxylic acids is 1. The van der Waals surface area contributed by atoms with E-state index in [0.29, 0.717) is 10.6 Å². The van der Waals surface area contributed by atoms with E-state index in [4.69, 9.17) is 28.3 Å². The Kier molecular flexibility index (Phi) is 4.67. The average Bonchev–Trinajstić information content (AvgIpc) is 2.41. The molecule has 0 fully saturated rings. The summed E-state index contributed by atoms with van der Waals surface area (Å²) in [5, 5.41) is 23.1. The van der Waals surface area contributed by atoms with Crippen molar-refractivity contribution >= 4 is 35.3 Å². The number of phenols is 2. The van der Waals surface area contributed by atoms with Crippen molar-refractivity contribution in [2.75, 3.05) is 0 Å². The minimum atomic E-state index is -0.508.